The van der Waals surface area contributed by atoms with Gasteiger partial charge in [-0.2, -0.15) is 0 Å². The van der Waals surface area contributed by atoms with E-state index in [4.69, 9.17) is 0 Å². The average molecular weight is 225 g/mol. The largest absolute Gasteiger partial charge is 0.466 e. The molecule has 0 aromatic rings. The number of piperidine rings is 1. The van der Waals surface area contributed by atoms with Crippen LogP contribution < -0.4 is 0 Å². The van der Waals surface area contributed by atoms with Gasteiger partial charge in [0.05, 0.1) is 7.11 Å². The number of methoxy groups -OCH3 is 1. The molecule has 0 aromatic heterocycles. The van der Waals surface area contributed by atoms with Crippen LogP contribution in [0.1, 0.15) is 39.5 Å². The zero-order chi connectivity index (χ0) is 12.0. The van der Waals surface area contributed by atoms with Crippen molar-refractivity contribution in [1.29, 1.82) is 0 Å². The second kappa shape index (κ2) is 6.69. The van der Waals surface area contributed by atoms with Crippen molar-refractivity contribution in [1.82, 2.24) is 4.90 Å². The van der Waals surface area contributed by atoms with E-state index in [1.165, 1.54) is 39.0 Å². The number of rotatable bonds is 4. The van der Waals surface area contributed by atoms with E-state index in [9.17, 15) is 4.79 Å². The first-order chi connectivity index (χ1) is 7.65. The lowest BCUT2D eigenvalue weighted by Crippen LogP contribution is -2.43. The summed E-state index contributed by atoms with van der Waals surface area (Å²) in [6.45, 7) is 5.67. The maximum absolute atomic E-state index is 10.9. The van der Waals surface area contributed by atoms with Crippen molar-refractivity contribution in [2.45, 2.75) is 51.6 Å². The molecule has 1 aliphatic rings. The van der Waals surface area contributed by atoms with Crippen molar-refractivity contribution in [2.24, 2.45) is 0 Å². The lowest BCUT2D eigenvalue weighted by Gasteiger charge is -2.38. The highest BCUT2D eigenvalue weighted by Gasteiger charge is 2.23. The van der Waals surface area contributed by atoms with Gasteiger partial charge < -0.3 is 4.74 Å². The van der Waals surface area contributed by atoms with Crippen molar-refractivity contribution >= 4 is 5.97 Å². The number of hydrogen-bond acceptors (Lipinski definition) is 3. The molecule has 0 amide bonds. The molecule has 0 aliphatic carbocycles. The van der Waals surface area contributed by atoms with Crippen molar-refractivity contribution in [2.75, 3.05) is 13.7 Å². The van der Waals surface area contributed by atoms with E-state index in [-0.39, 0.29) is 5.97 Å². The van der Waals surface area contributed by atoms with Gasteiger partial charge in [0.2, 0.25) is 0 Å². The summed E-state index contributed by atoms with van der Waals surface area (Å²) in [5, 5.41) is 0. The van der Waals surface area contributed by atoms with Gasteiger partial charge in [-0.05, 0) is 39.7 Å². The lowest BCUT2D eigenvalue weighted by molar-refractivity contribution is -0.134. The maximum Gasteiger partial charge on any atom is 0.330 e. The molecule has 1 heterocycles. The summed E-state index contributed by atoms with van der Waals surface area (Å²) < 4.78 is 4.57. The Morgan fingerprint density at radius 3 is 2.88 bits per heavy atom. The maximum atomic E-state index is 10.9. The first-order valence-electron chi connectivity index (χ1n) is 6.15. The van der Waals surface area contributed by atoms with Crippen LogP contribution in [0.3, 0.4) is 0 Å². The molecule has 1 fully saturated rings. The number of carbonyl (C=O) groups excluding carboxylic acids is 1. The van der Waals surface area contributed by atoms with Crippen molar-refractivity contribution in [3.63, 3.8) is 0 Å². The van der Waals surface area contributed by atoms with Gasteiger partial charge in [-0.15, -0.1) is 0 Å². The molecule has 0 bridgehead atoms. The molecule has 1 unspecified atom stereocenters. The molecule has 1 saturated heterocycles. The fourth-order valence-electron chi connectivity index (χ4n) is 2.35. The Labute approximate surface area is 98.5 Å². The summed E-state index contributed by atoms with van der Waals surface area (Å²) in [7, 11) is 1.41. The van der Waals surface area contributed by atoms with Crippen LogP contribution in [-0.2, 0) is 9.53 Å². The molecule has 0 spiro atoms. The minimum absolute atomic E-state index is 0.257. The highest BCUT2D eigenvalue weighted by atomic mass is 16.5. The number of nitrogens with zero attached hydrogens (tertiary/aromatic N) is 1. The predicted molar refractivity (Wildman–Crippen MR) is 65.3 cm³/mol. The molecule has 1 rings (SSSR count). The zero-order valence-electron chi connectivity index (χ0n) is 10.6. The van der Waals surface area contributed by atoms with Gasteiger partial charge in [-0.25, -0.2) is 4.79 Å². The van der Waals surface area contributed by atoms with Gasteiger partial charge in [0.1, 0.15) is 0 Å². The summed E-state index contributed by atoms with van der Waals surface area (Å²) in [6, 6.07) is 1.19. The van der Waals surface area contributed by atoms with Crippen LogP contribution in [-0.4, -0.2) is 36.6 Å². The van der Waals surface area contributed by atoms with Crippen LogP contribution in [0.5, 0.6) is 0 Å². The first kappa shape index (κ1) is 13.2. The normalized spacial score (nSPS) is 22.9. The number of carbonyl (C=O) groups is 1. The average Bonchev–Trinajstić information content (AvgIpc) is 2.29. The topological polar surface area (TPSA) is 29.5 Å². The van der Waals surface area contributed by atoms with Crippen LogP contribution in [0.4, 0.5) is 0 Å². The molecular formula is C13H23NO2. The summed E-state index contributed by atoms with van der Waals surface area (Å²) in [6.07, 6.45) is 8.27. The van der Waals surface area contributed by atoms with Crippen molar-refractivity contribution in [3.05, 3.63) is 12.2 Å². The molecule has 0 saturated carbocycles. The van der Waals surface area contributed by atoms with Gasteiger partial charge in [0, 0.05) is 18.2 Å². The Balaban J connectivity index is 2.44. The molecule has 1 aliphatic heterocycles. The lowest BCUT2D eigenvalue weighted by atomic mass is 9.97. The minimum Gasteiger partial charge on any atom is -0.466 e. The van der Waals surface area contributed by atoms with Gasteiger partial charge >= 0.3 is 5.97 Å². The molecule has 3 heteroatoms. The smallest absolute Gasteiger partial charge is 0.330 e. The van der Waals surface area contributed by atoms with Gasteiger partial charge in [-0.3, -0.25) is 4.90 Å². The minimum atomic E-state index is -0.257. The second-order valence-corrected chi connectivity index (χ2v) is 4.64. The SMILES string of the molecule is COC(=O)/C=C\CC1CCCCN1C(C)C. The highest BCUT2D eigenvalue weighted by Crippen LogP contribution is 2.22. The summed E-state index contributed by atoms with van der Waals surface area (Å²) in [5.41, 5.74) is 0. The van der Waals surface area contributed by atoms with E-state index in [0.717, 1.165) is 6.42 Å². The highest BCUT2D eigenvalue weighted by molar-refractivity contribution is 5.81. The van der Waals surface area contributed by atoms with Crippen LogP contribution in [0.25, 0.3) is 0 Å². The van der Waals surface area contributed by atoms with Gasteiger partial charge in [0.15, 0.2) is 0 Å². The van der Waals surface area contributed by atoms with Crippen molar-refractivity contribution in [3.8, 4) is 0 Å². The monoisotopic (exact) mass is 225 g/mol. The Hall–Kier alpha value is -0.830. The molecular weight excluding hydrogens is 202 g/mol. The molecule has 0 aromatic carbocycles. The fraction of sp³-hybridized carbons (Fsp3) is 0.769. The van der Waals surface area contributed by atoms with Crippen molar-refractivity contribution < 1.29 is 9.53 Å². The standard InChI is InChI=1S/C13H23NO2/c1-11(2)14-10-5-4-7-12(14)8-6-9-13(15)16-3/h6,9,11-12H,4-5,7-8,10H2,1-3H3/b9-6-. The summed E-state index contributed by atoms with van der Waals surface area (Å²) >= 11 is 0. The van der Waals surface area contributed by atoms with Crippen LogP contribution in [0.15, 0.2) is 12.2 Å². The summed E-state index contributed by atoms with van der Waals surface area (Å²) in [5.74, 6) is -0.257. The Morgan fingerprint density at radius 2 is 2.25 bits per heavy atom. The number of hydrogen-bond donors (Lipinski definition) is 0. The van der Waals surface area contributed by atoms with Crippen LogP contribution >= 0.6 is 0 Å². The van der Waals surface area contributed by atoms with Crippen LogP contribution in [0.2, 0.25) is 0 Å². The molecule has 1 atom stereocenters. The van der Waals surface area contributed by atoms with E-state index in [0.29, 0.717) is 12.1 Å². The Morgan fingerprint density at radius 1 is 1.50 bits per heavy atom. The Kier molecular flexibility index (Phi) is 5.53. The van der Waals surface area contributed by atoms with Crippen LogP contribution in [0, 0.1) is 0 Å². The zero-order valence-corrected chi connectivity index (χ0v) is 10.6. The van der Waals surface area contributed by atoms with E-state index in [2.05, 4.69) is 23.5 Å². The number of ether oxygens (including phenoxy) is 1. The number of likely N-dealkylation sites (tertiary alicyclic amines) is 1. The Bertz CT molecular complexity index is 248. The molecule has 3 nitrogen and oxygen atoms in total. The molecule has 92 valence electrons. The van der Waals surface area contributed by atoms with Gasteiger partial charge in [0.25, 0.3) is 0 Å². The van der Waals surface area contributed by atoms with E-state index >= 15 is 0 Å². The molecule has 0 N–H and O–H groups in total. The summed E-state index contributed by atoms with van der Waals surface area (Å²) in [4.78, 5) is 13.5. The predicted octanol–water partition coefficient (Wildman–Crippen LogP) is 2.37. The number of esters is 1. The third-order valence-electron chi connectivity index (χ3n) is 3.20. The van der Waals surface area contributed by atoms with E-state index in [1.54, 1.807) is 0 Å². The van der Waals surface area contributed by atoms with Gasteiger partial charge in [-0.1, -0.05) is 12.5 Å². The quantitative estimate of drug-likeness (QED) is 0.543. The molecule has 0 radical (unpaired) electrons. The third kappa shape index (κ3) is 3.97. The van der Waals surface area contributed by atoms with E-state index < -0.39 is 0 Å². The second-order valence-electron chi connectivity index (χ2n) is 4.64. The fourth-order valence-corrected chi connectivity index (χ4v) is 2.35. The molecule has 16 heavy (non-hydrogen) atoms. The first-order valence-corrected chi connectivity index (χ1v) is 6.15. The third-order valence-corrected chi connectivity index (χ3v) is 3.20. The van der Waals surface area contributed by atoms with E-state index in [1.807, 2.05) is 6.08 Å².